The molecule has 0 aliphatic heterocycles. The van der Waals surface area contributed by atoms with Gasteiger partial charge >= 0.3 is 0 Å². The molecule has 3 heterocycles. The van der Waals surface area contributed by atoms with Gasteiger partial charge in [-0.1, -0.05) is 35.5 Å². The number of aromatic nitrogens is 6. The third-order valence-corrected chi connectivity index (χ3v) is 8.08. The molecule has 32 heavy (non-hydrogen) atoms. The molecule has 6 rings (SSSR count). The predicted octanol–water partition coefficient (Wildman–Crippen LogP) is 4.39. The maximum absolute atomic E-state index is 12.8. The van der Waals surface area contributed by atoms with Crippen molar-refractivity contribution in [1.29, 1.82) is 0 Å². The number of furan rings is 1. The van der Waals surface area contributed by atoms with E-state index in [4.69, 9.17) is 4.42 Å². The Hall–Kier alpha value is -2.94. The molecule has 4 atom stereocenters. The van der Waals surface area contributed by atoms with Crippen LogP contribution in [0.3, 0.4) is 0 Å². The fourth-order valence-corrected chi connectivity index (χ4v) is 6.52. The number of fused-ring (bicyclic) bond motifs is 3. The second-order valence-electron chi connectivity index (χ2n) is 8.92. The Balaban J connectivity index is 1.33. The van der Waals surface area contributed by atoms with Gasteiger partial charge in [-0.15, -0.1) is 15.3 Å². The van der Waals surface area contributed by atoms with Crippen LogP contribution in [-0.2, 0) is 5.88 Å². The van der Waals surface area contributed by atoms with E-state index < -0.39 is 0 Å². The van der Waals surface area contributed by atoms with E-state index in [2.05, 4.69) is 32.0 Å². The van der Waals surface area contributed by atoms with E-state index in [1.54, 1.807) is 18.4 Å². The SMILES string of the molecule is C[C@H]([C@H]1C[C@H]2CC[C@H]1C2)n1c(SCn2nnc3ccccc3c2=O)nnc1-c1ccco1. The quantitative estimate of drug-likeness (QED) is 0.404. The number of hydrogen-bond acceptors (Lipinski definition) is 7. The fraction of sp³-hybridized carbons (Fsp3) is 0.435. The van der Waals surface area contributed by atoms with Crippen molar-refractivity contribution < 1.29 is 4.42 Å². The molecule has 9 heteroatoms. The van der Waals surface area contributed by atoms with Gasteiger partial charge in [0.15, 0.2) is 10.9 Å². The number of rotatable bonds is 6. The lowest BCUT2D eigenvalue weighted by atomic mass is 9.84. The Morgan fingerprint density at radius 1 is 1.12 bits per heavy atom. The maximum Gasteiger partial charge on any atom is 0.278 e. The highest BCUT2D eigenvalue weighted by Gasteiger charge is 2.43. The summed E-state index contributed by atoms with van der Waals surface area (Å²) in [6, 6.07) is 11.3. The fourth-order valence-electron chi connectivity index (χ4n) is 5.62. The summed E-state index contributed by atoms with van der Waals surface area (Å²) in [5.74, 6) is 4.01. The van der Waals surface area contributed by atoms with Gasteiger partial charge in [0.1, 0.15) is 5.52 Å². The highest BCUT2D eigenvalue weighted by atomic mass is 32.2. The molecule has 0 spiro atoms. The van der Waals surface area contributed by atoms with Crippen LogP contribution in [0.2, 0.25) is 0 Å². The smallest absolute Gasteiger partial charge is 0.278 e. The van der Waals surface area contributed by atoms with Crippen LogP contribution in [-0.4, -0.2) is 29.8 Å². The van der Waals surface area contributed by atoms with Crippen LogP contribution in [0, 0.1) is 17.8 Å². The van der Waals surface area contributed by atoms with Gasteiger partial charge < -0.3 is 4.42 Å². The van der Waals surface area contributed by atoms with Gasteiger partial charge in [0.05, 0.1) is 17.5 Å². The molecule has 0 radical (unpaired) electrons. The first-order valence-electron chi connectivity index (χ1n) is 11.1. The minimum atomic E-state index is -0.151. The van der Waals surface area contributed by atoms with Crippen molar-refractivity contribution in [2.24, 2.45) is 17.8 Å². The monoisotopic (exact) mass is 448 g/mol. The molecule has 4 aromatic rings. The van der Waals surface area contributed by atoms with Crippen molar-refractivity contribution in [3.05, 3.63) is 53.0 Å². The third-order valence-electron chi connectivity index (χ3n) is 7.17. The Kier molecular flexibility index (Phi) is 4.86. The summed E-state index contributed by atoms with van der Waals surface area (Å²) in [5.41, 5.74) is 0.452. The van der Waals surface area contributed by atoms with Gasteiger partial charge in [0.2, 0.25) is 5.82 Å². The van der Waals surface area contributed by atoms with E-state index in [0.717, 1.165) is 22.8 Å². The van der Waals surface area contributed by atoms with Crippen molar-refractivity contribution in [2.75, 3.05) is 0 Å². The van der Waals surface area contributed by atoms with Crippen molar-refractivity contribution in [3.63, 3.8) is 0 Å². The second kappa shape index (κ2) is 7.88. The second-order valence-corrected chi connectivity index (χ2v) is 9.83. The van der Waals surface area contributed by atoms with Gasteiger partial charge in [-0.2, -0.15) is 4.68 Å². The normalized spacial score (nSPS) is 23.2. The molecular weight excluding hydrogens is 424 g/mol. The highest BCUT2D eigenvalue weighted by molar-refractivity contribution is 7.98. The Morgan fingerprint density at radius 3 is 2.81 bits per heavy atom. The largest absolute Gasteiger partial charge is 0.461 e. The summed E-state index contributed by atoms with van der Waals surface area (Å²) in [5, 5.41) is 18.6. The van der Waals surface area contributed by atoms with Crippen LogP contribution in [0.5, 0.6) is 0 Å². The molecule has 0 saturated heterocycles. The van der Waals surface area contributed by atoms with Crippen LogP contribution in [0.1, 0.15) is 38.6 Å². The number of hydrogen-bond donors (Lipinski definition) is 0. The van der Waals surface area contributed by atoms with Gasteiger partial charge in [0.25, 0.3) is 5.56 Å². The van der Waals surface area contributed by atoms with E-state index in [9.17, 15) is 4.79 Å². The van der Waals surface area contributed by atoms with Crippen LogP contribution in [0.15, 0.2) is 57.0 Å². The summed E-state index contributed by atoms with van der Waals surface area (Å²) in [4.78, 5) is 12.8. The molecule has 1 aromatic carbocycles. The van der Waals surface area contributed by atoms with E-state index in [1.165, 1.54) is 42.1 Å². The molecule has 2 saturated carbocycles. The molecular formula is C23H24N6O2S. The van der Waals surface area contributed by atoms with E-state index in [1.807, 2.05) is 24.3 Å². The average Bonchev–Trinajstić information content (AvgIpc) is 3.62. The van der Waals surface area contributed by atoms with Crippen LogP contribution in [0.25, 0.3) is 22.5 Å². The zero-order valence-electron chi connectivity index (χ0n) is 17.8. The lowest BCUT2D eigenvalue weighted by molar-refractivity contribution is 0.235. The molecule has 2 aliphatic carbocycles. The summed E-state index contributed by atoms with van der Waals surface area (Å²) >= 11 is 1.46. The summed E-state index contributed by atoms with van der Waals surface area (Å²) in [7, 11) is 0. The molecule has 2 fully saturated rings. The molecule has 0 amide bonds. The zero-order chi connectivity index (χ0) is 21.7. The Bertz CT molecular complexity index is 1310. The van der Waals surface area contributed by atoms with Crippen molar-refractivity contribution in [3.8, 4) is 11.6 Å². The van der Waals surface area contributed by atoms with Crippen LogP contribution in [0.4, 0.5) is 0 Å². The number of benzene rings is 1. The maximum atomic E-state index is 12.8. The molecule has 164 valence electrons. The number of thioether (sulfide) groups is 1. The minimum Gasteiger partial charge on any atom is -0.461 e. The molecule has 2 aliphatic rings. The predicted molar refractivity (Wildman–Crippen MR) is 121 cm³/mol. The van der Waals surface area contributed by atoms with Gasteiger partial charge in [-0.3, -0.25) is 9.36 Å². The summed E-state index contributed by atoms with van der Waals surface area (Å²) in [6.45, 7) is 2.27. The first-order chi connectivity index (χ1) is 15.7. The Labute approximate surface area is 189 Å². The molecule has 3 aromatic heterocycles. The van der Waals surface area contributed by atoms with Crippen molar-refractivity contribution in [1.82, 2.24) is 29.8 Å². The minimum absolute atomic E-state index is 0.151. The van der Waals surface area contributed by atoms with Gasteiger partial charge in [-0.25, -0.2) is 0 Å². The Morgan fingerprint density at radius 2 is 2.03 bits per heavy atom. The zero-order valence-corrected chi connectivity index (χ0v) is 18.6. The van der Waals surface area contributed by atoms with E-state index >= 15 is 0 Å². The van der Waals surface area contributed by atoms with Gasteiger partial charge in [-0.05, 0) is 68.2 Å². The molecule has 2 bridgehead atoms. The molecule has 8 nitrogen and oxygen atoms in total. The first-order valence-corrected chi connectivity index (χ1v) is 12.1. The van der Waals surface area contributed by atoms with E-state index in [-0.39, 0.29) is 11.6 Å². The average molecular weight is 449 g/mol. The standard InChI is InChI=1S/C23H24N6O2S/c1-14(18-12-15-8-9-16(18)11-15)29-21(20-7-4-10-31-20)25-26-23(29)32-13-28-22(30)17-5-2-3-6-19(17)24-27-28/h2-7,10,14-16,18H,8-9,11-13H2,1H3/t14-,15+,16+,18-/m1/s1. The number of nitrogens with zero attached hydrogens (tertiary/aromatic N) is 6. The lowest BCUT2D eigenvalue weighted by Gasteiger charge is -2.30. The summed E-state index contributed by atoms with van der Waals surface area (Å²) in [6.07, 6.45) is 6.96. The van der Waals surface area contributed by atoms with E-state index in [0.29, 0.717) is 28.5 Å². The van der Waals surface area contributed by atoms with Crippen LogP contribution < -0.4 is 5.56 Å². The topological polar surface area (TPSA) is 91.6 Å². The van der Waals surface area contributed by atoms with Crippen LogP contribution >= 0.6 is 11.8 Å². The molecule has 0 unspecified atom stereocenters. The lowest BCUT2D eigenvalue weighted by Crippen LogP contribution is -2.25. The highest BCUT2D eigenvalue weighted by Crippen LogP contribution is 2.53. The van der Waals surface area contributed by atoms with Crippen molar-refractivity contribution >= 4 is 22.7 Å². The summed E-state index contributed by atoms with van der Waals surface area (Å²) < 4.78 is 9.26. The van der Waals surface area contributed by atoms with Gasteiger partial charge in [0, 0.05) is 6.04 Å². The molecule has 0 N–H and O–H groups in total. The van der Waals surface area contributed by atoms with Crippen molar-refractivity contribution in [2.45, 2.75) is 49.7 Å². The first kappa shape index (κ1) is 19.7. The third kappa shape index (κ3) is 3.26.